The van der Waals surface area contributed by atoms with Crippen LogP contribution in [0.5, 0.6) is 0 Å². The van der Waals surface area contributed by atoms with Gasteiger partial charge in [0.2, 0.25) is 0 Å². The second-order valence-corrected chi connectivity index (χ2v) is 10.9. The van der Waals surface area contributed by atoms with Crippen LogP contribution in [0.15, 0.2) is 83.8 Å². The summed E-state index contributed by atoms with van der Waals surface area (Å²) in [5.41, 5.74) is 4.34. The monoisotopic (exact) mass is 482 g/mol. The Labute approximate surface area is 203 Å². The van der Waals surface area contributed by atoms with Crippen molar-refractivity contribution in [1.82, 2.24) is 10.2 Å². The lowest BCUT2D eigenvalue weighted by Gasteiger charge is -2.41. The van der Waals surface area contributed by atoms with Crippen molar-refractivity contribution in [2.45, 2.75) is 36.1 Å². The Hall–Kier alpha value is -2.18. The van der Waals surface area contributed by atoms with Gasteiger partial charge in [-0.25, -0.2) is 8.42 Å². The lowest BCUT2D eigenvalue weighted by Crippen LogP contribution is -2.50. The number of fused-ring (bicyclic) bond motifs is 1. The number of hydrogen-bond donors (Lipinski definition) is 1. The summed E-state index contributed by atoms with van der Waals surface area (Å²) in [6.07, 6.45) is 2.67. The highest BCUT2D eigenvalue weighted by Crippen LogP contribution is 2.37. The number of rotatable bonds is 5. The van der Waals surface area contributed by atoms with E-state index in [9.17, 15) is 8.42 Å². The fraction of sp³-hybridized carbons (Fsp3) is 0.333. The normalized spacial score (nSPS) is 18.2. The molecule has 1 atom stereocenters. The first-order valence-corrected chi connectivity index (χ1v) is 13.1. The van der Waals surface area contributed by atoms with Crippen LogP contribution in [-0.4, -0.2) is 38.3 Å². The number of sulfone groups is 1. The molecule has 5 rings (SSSR count). The van der Waals surface area contributed by atoms with E-state index >= 15 is 0 Å². The molecule has 174 valence electrons. The molecule has 1 N–H and O–H groups in total. The minimum absolute atomic E-state index is 0. The molecule has 0 saturated carbocycles. The van der Waals surface area contributed by atoms with Crippen LogP contribution in [0.4, 0.5) is 0 Å². The zero-order valence-electron chi connectivity index (χ0n) is 18.7. The Morgan fingerprint density at radius 3 is 2.21 bits per heavy atom. The van der Waals surface area contributed by atoms with Crippen LogP contribution in [-0.2, 0) is 22.8 Å². The van der Waals surface area contributed by atoms with Crippen molar-refractivity contribution in [2.24, 2.45) is 5.92 Å². The van der Waals surface area contributed by atoms with E-state index in [4.69, 9.17) is 0 Å². The highest BCUT2D eigenvalue weighted by atomic mass is 35.5. The third-order valence-corrected chi connectivity index (χ3v) is 9.19. The molecule has 33 heavy (non-hydrogen) atoms. The maximum absolute atomic E-state index is 14.4. The van der Waals surface area contributed by atoms with Crippen molar-refractivity contribution < 1.29 is 8.42 Å². The van der Waals surface area contributed by atoms with Gasteiger partial charge in [-0.15, -0.1) is 12.4 Å². The van der Waals surface area contributed by atoms with Crippen molar-refractivity contribution in [1.29, 1.82) is 0 Å². The molecule has 3 aromatic rings. The quantitative estimate of drug-likeness (QED) is 0.560. The summed E-state index contributed by atoms with van der Waals surface area (Å²) in [5.74, 6) is 0.121. The largest absolute Gasteiger partial charge is 0.317 e. The van der Waals surface area contributed by atoms with Gasteiger partial charge in [0.05, 0.1) is 4.90 Å². The number of benzene rings is 3. The highest BCUT2D eigenvalue weighted by Gasteiger charge is 2.41. The summed E-state index contributed by atoms with van der Waals surface area (Å²) in [5, 5.41) is 2.89. The molecule has 0 spiro atoms. The number of nitrogens with zero attached hydrogens (tertiary/aromatic N) is 1. The van der Waals surface area contributed by atoms with E-state index in [0.29, 0.717) is 11.4 Å². The Kier molecular flexibility index (Phi) is 7.55. The molecule has 6 heteroatoms. The van der Waals surface area contributed by atoms with Gasteiger partial charge >= 0.3 is 0 Å². The molecular formula is C27H31ClN2O2S. The predicted molar refractivity (Wildman–Crippen MR) is 136 cm³/mol. The molecule has 0 radical (unpaired) electrons. The van der Waals surface area contributed by atoms with E-state index in [1.165, 1.54) is 11.1 Å². The number of nitrogens with one attached hydrogen (secondary N) is 1. The minimum Gasteiger partial charge on any atom is -0.317 e. The summed E-state index contributed by atoms with van der Waals surface area (Å²) in [6.45, 7) is 3.22. The molecule has 2 heterocycles. The average molecular weight is 483 g/mol. The van der Waals surface area contributed by atoms with Crippen molar-refractivity contribution >= 4 is 22.2 Å². The molecule has 0 aromatic heterocycles. The van der Waals surface area contributed by atoms with Gasteiger partial charge in [-0.05, 0) is 61.0 Å². The molecular weight excluding hydrogens is 452 g/mol. The van der Waals surface area contributed by atoms with Crippen molar-refractivity contribution in [3.8, 4) is 11.1 Å². The highest BCUT2D eigenvalue weighted by molar-refractivity contribution is 7.92. The van der Waals surface area contributed by atoms with E-state index in [0.717, 1.165) is 50.0 Å². The zero-order valence-corrected chi connectivity index (χ0v) is 20.3. The fourth-order valence-electron chi connectivity index (χ4n) is 5.31. The summed E-state index contributed by atoms with van der Waals surface area (Å²) in [7, 11) is -3.58. The Morgan fingerprint density at radius 2 is 1.45 bits per heavy atom. The van der Waals surface area contributed by atoms with Crippen molar-refractivity contribution in [3.05, 3.63) is 90.0 Å². The first-order chi connectivity index (χ1) is 15.6. The molecule has 2 aliphatic heterocycles. The predicted octanol–water partition coefficient (Wildman–Crippen LogP) is 4.93. The molecule has 3 aromatic carbocycles. The van der Waals surface area contributed by atoms with Gasteiger partial charge in [0.15, 0.2) is 9.84 Å². The summed E-state index contributed by atoms with van der Waals surface area (Å²) >= 11 is 0. The molecule has 0 aliphatic carbocycles. The van der Waals surface area contributed by atoms with Crippen molar-refractivity contribution in [3.63, 3.8) is 0 Å². The summed E-state index contributed by atoms with van der Waals surface area (Å²) < 4.78 is 28.7. The van der Waals surface area contributed by atoms with E-state index in [1.54, 1.807) is 6.07 Å². The fourth-order valence-corrected chi connectivity index (χ4v) is 7.69. The first kappa shape index (κ1) is 24.0. The molecule has 1 saturated heterocycles. The topological polar surface area (TPSA) is 49.4 Å². The average Bonchev–Trinajstić information content (AvgIpc) is 2.85. The smallest absolute Gasteiger partial charge is 0.195 e. The van der Waals surface area contributed by atoms with Crippen LogP contribution in [0.1, 0.15) is 24.0 Å². The van der Waals surface area contributed by atoms with E-state index in [2.05, 4.69) is 34.5 Å². The Bertz CT molecular complexity index is 1180. The van der Waals surface area contributed by atoms with Crippen LogP contribution in [0, 0.1) is 5.92 Å². The van der Waals surface area contributed by atoms with Crippen LogP contribution >= 0.6 is 12.4 Å². The van der Waals surface area contributed by atoms with Crippen LogP contribution < -0.4 is 5.32 Å². The lowest BCUT2D eigenvalue weighted by atomic mass is 9.94. The number of halogens is 1. The van der Waals surface area contributed by atoms with Gasteiger partial charge in [-0.3, -0.25) is 4.90 Å². The van der Waals surface area contributed by atoms with E-state index in [-0.39, 0.29) is 18.3 Å². The standard InChI is InChI=1S/C27H30N2O2S.ClH/c30-32(31,26-13-7-6-12-25(26)22-9-2-1-3-10-22)27(23-14-17-28-18-15-23)29-19-16-21-8-4-5-11-24(21)20-29;/h1-13,23,27-28H,14-20H2;1H. The number of piperidine rings is 1. The third-order valence-electron chi connectivity index (χ3n) is 6.90. The second-order valence-electron chi connectivity index (χ2n) is 8.87. The first-order valence-electron chi connectivity index (χ1n) is 11.5. The van der Waals surface area contributed by atoms with Gasteiger partial charge in [0.1, 0.15) is 5.37 Å². The van der Waals surface area contributed by atoms with Gasteiger partial charge in [0.25, 0.3) is 0 Å². The van der Waals surface area contributed by atoms with Gasteiger partial charge in [-0.2, -0.15) is 0 Å². The maximum atomic E-state index is 14.4. The maximum Gasteiger partial charge on any atom is 0.195 e. The second kappa shape index (κ2) is 10.4. The lowest BCUT2D eigenvalue weighted by molar-refractivity contribution is 0.159. The SMILES string of the molecule is Cl.O=S(=O)(c1ccccc1-c1ccccc1)C(C1CCNCC1)N1CCc2ccccc2C1. The third kappa shape index (κ3) is 4.87. The Balaban J connectivity index is 0.00000259. The summed E-state index contributed by atoms with van der Waals surface area (Å²) in [6, 6.07) is 25.8. The van der Waals surface area contributed by atoms with Crippen molar-refractivity contribution in [2.75, 3.05) is 19.6 Å². The van der Waals surface area contributed by atoms with Gasteiger partial charge < -0.3 is 5.32 Å². The number of hydrogen-bond acceptors (Lipinski definition) is 4. The van der Waals surface area contributed by atoms with Gasteiger partial charge in [0, 0.05) is 18.7 Å². The molecule has 2 aliphatic rings. The van der Waals surface area contributed by atoms with Crippen LogP contribution in [0.2, 0.25) is 0 Å². The summed E-state index contributed by atoms with van der Waals surface area (Å²) in [4.78, 5) is 2.68. The molecule has 0 amide bonds. The molecule has 4 nitrogen and oxygen atoms in total. The molecule has 1 fully saturated rings. The Morgan fingerprint density at radius 1 is 0.818 bits per heavy atom. The minimum atomic E-state index is -3.58. The zero-order chi connectivity index (χ0) is 22.0. The molecule has 0 bridgehead atoms. The van der Waals surface area contributed by atoms with Crippen LogP contribution in [0.25, 0.3) is 11.1 Å². The van der Waals surface area contributed by atoms with E-state index in [1.807, 2.05) is 48.5 Å². The van der Waals surface area contributed by atoms with Crippen LogP contribution in [0.3, 0.4) is 0 Å². The molecule has 1 unspecified atom stereocenters. The van der Waals surface area contributed by atoms with E-state index < -0.39 is 15.2 Å². The van der Waals surface area contributed by atoms with Gasteiger partial charge in [-0.1, -0.05) is 72.8 Å².